The van der Waals surface area contributed by atoms with Gasteiger partial charge in [-0.2, -0.15) is 5.10 Å². The Hall–Kier alpha value is -3.81. The fraction of sp³-hybridized carbons (Fsp3) is 0.0741. The van der Waals surface area contributed by atoms with E-state index >= 15 is 0 Å². The zero-order valence-corrected chi connectivity index (χ0v) is 20.3. The van der Waals surface area contributed by atoms with Crippen molar-refractivity contribution < 1.29 is 8.91 Å². The third-order valence-corrected chi connectivity index (χ3v) is 6.22. The van der Waals surface area contributed by atoms with E-state index in [1.807, 2.05) is 24.3 Å². The molecule has 0 unspecified atom stereocenters. The number of nitrogens with one attached hydrogen (secondary N) is 2. The van der Waals surface area contributed by atoms with E-state index < -0.39 is 0 Å². The van der Waals surface area contributed by atoms with Gasteiger partial charge in [0.1, 0.15) is 5.82 Å². The van der Waals surface area contributed by atoms with Crippen molar-refractivity contribution in [2.75, 3.05) is 0 Å². The van der Waals surface area contributed by atoms with E-state index in [2.05, 4.69) is 51.5 Å². The number of aromatic amines is 2. The standard InChI is InChI=1S/C27H20ClFN4OS/c1-2-21(22-10-9-20(29)14-23(22)28)26(18-8-11-24-19(13-18)15-30-32-24)17-6-3-16(4-7-17)5-12-25-31-27(35)34-33-25/h3-15H,2H2,1H3,(H,30,32)(H,31,33,35)/b12-5?,26-21-. The van der Waals surface area contributed by atoms with Gasteiger partial charge in [-0.15, -0.1) is 0 Å². The molecular weight excluding hydrogens is 483 g/mol. The lowest BCUT2D eigenvalue weighted by molar-refractivity contribution is 0.403. The summed E-state index contributed by atoms with van der Waals surface area (Å²) in [5, 5.41) is 12.4. The maximum Gasteiger partial charge on any atom is 0.295 e. The molecule has 2 N–H and O–H groups in total. The van der Waals surface area contributed by atoms with Crippen LogP contribution in [0.25, 0.3) is 34.2 Å². The Morgan fingerprint density at radius 3 is 2.57 bits per heavy atom. The van der Waals surface area contributed by atoms with Gasteiger partial charge in [-0.1, -0.05) is 66.2 Å². The van der Waals surface area contributed by atoms with Gasteiger partial charge in [0.15, 0.2) is 5.82 Å². The third-order valence-electron chi connectivity index (χ3n) is 5.73. The summed E-state index contributed by atoms with van der Waals surface area (Å²) in [5.74, 6) is 0.187. The first-order valence-corrected chi connectivity index (χ1v) is 11.8. The molecule has 0 saturated carbocycles. The molecule has 5 rings (SSSR count). The molecule has 0 aliphatic carbocycles. The Bertz CT molecular complexity index is 1630. The first-order valence-electron chi connectivity index (χ1n) is 11.0. The van der Waals surface area contributed by atoms with E-state index in [1.54, 1.807) is 18.3 Å². The Balaban J connectivity index is 1.63. The molecule has 0 bridgehead atoms. The normalized spacial score (nSPS) is 12.4. The third kappa shape index (κ3) is 4.87. The second kappa shape index (κ2) is 9.82. The smallest absolute Gasteiger partial charge is 0.295 e. The molecule has 35 heavy (non-hydrogen) atoms. The molecule has 0 aliphatic heterocycles. The molecule has 3 aromatic carbocycles. The molecule has 5 nitrogen and oxygen atoms in total. The Kier molecular flexibility index (Phi) is 6.44. The van der Waals surface area contributed by atoms with Crippen molar-refractivity contribution in [1.29, 1.82) is 0 Å². The Morgan fingerprint density at radius 1 is 1.06 bits per heavy atom. The van der Waals surface area contributed by atoms with Crippen molar-refractivity contribution in [3.8, 4) is 0 Å². The molecule has 0 aliphatic rings. The molecule has 8 heteroatoms. The molecule has 0 radical (unpaired) electrons. The van der Waals surface area contributed by atoms with Gasteiger partial charge in [0.2, 0.25) is 0 Å². The number of rotatable bonds is 6. The number of fused-ring (bicyclic) bond motifs is 1. The first-order chi connectivity index (χ1) is 17.0. The number of benzene rings is 3. The van der Waals surface area contributed by atoms with Crippen molar-refractivity contribution in [3.05, 3.63) is 111 Å². The molecule has 0 fully saturated rings. The summed E-state index contributed by atoms with van der Waals surface area (Å²) in [7, 11) is 0. The van der Waals surface area contributed by atoms with Gasteiger partial charge in [0, 0.05) is 5.39 Å². The number of nitrogens with zero attached hydrogens (tertiary/aromatic N) is 2. The minimum atomic E-state index is -0.362. The highest BCUT2D eigenvalue weighted by molar-refractivity contribution is 7.71. The van der Waals surface area contributed by atoms with Crippen LogP contribution in [0.5, 0.6) is 0 Å². The SMILES string of the molecule is CC/C(=C(\c1ccc(C=Cc2noc(=S)[nH]2)cc1)c1ccc2[nH]ncc2c1)c1ccc(F)cc1Cl. The molecule has 0 atom stereocenters. The second-order valence-corrected chi connectivity index (χ2v) is 8.72. The zero-order valence-electron chi connectivity index (χ0n) is 18.7. The number of hydrogen-bond donors (Lipinski definition) is 2. The number of aromatic nitrogens is 4. The highest BCUT2D eigenvalue weighted by atomic mass is 35.5. The maximum atomic E-state index is 13.8. The van der Waals surface area contributed by atoms with Crippen LogP contribution in [-0.2, 0) is 0 Å². The molecule has 0 spiro atoms. The topological polar surface area (TPSA) is 70.5 Å². The Morgan fingerprint density at radius 2 is 1.86 bits per heavy atom. The maximum absolute atomic E-state index is 13.8. The highest BCUT2D eigenvalue weighted by Crippen LogP contribution is 2.38. The van der Waals surface area contributed by atoms with Gasteiger partial charge >= 0.3 is 0 Å². The number of halogens is 2. The number of allylic oxidation sites excluding steroid dienone is 1. The number of hydrogen-bond acceptors (Lipinski definition) is 4. The summed E-state index contributed by atoms with van der Waals surface area (Å²) >= 11 is 11.4. The van der Waals surface area contributed by atoms with Crippen LogP contribution in [0.2, 0.25) is 5.02 Å². The molecule has 174 valence electrons. The lowest BCUT2D eigenvalue weighted by Gasteiger charge is -2.18. The minimum Gasteiger partial charge on any atom is -0.324 e. The van der Waals surface area contributed by atoms with Crippen LogP contribution >= 0.6 is 23.8 Å². The van der Waals surface area contributed by atoms with Crippen LogP contribution in [0, 0.1) is 10.7 Å². The number of H-pyrrole nitrogens is 2. The monoisotopic (exact) mass is 502 g/mol. The van der Waals surface area contributed by atoms with Gasteiger partial charge in [0.25, 0.3) is 4.84 Å². The fourth-order valence-electron chi connectivity index (χ4n) is 4.10. The van der Waals surface area contributed by atoms with Gasteiger partial charge < -0.3 is 4.52 Å². The molecule has 2 heterocycles. The fourth-order valence-corrected chi connectivity index (χ4v) is 4.52. The quantitative estimate of drug-likeness (QED) is 0.182. The largest absolute Gasteiger partial charge is 0.324 e. The van der Waals surface area contributed by atoms with Gasteiger partial charge in [-0.3, -0.25) is 10.1 Å². The van der Waals surface area contributed by atoms with E-state index in [9.17, 15) is 4.39 Å². The van der Waals surface area contributed by atoms with E-state index in [0.29, 0.717) is 17.3 Å². The van der Waals surface area contributed by atoms with Gasteiger partial charge in [-0.25, -0.2) is 4.39 Å². The molecule has 2 aromatic heterocycles. The highest BCUT2D eigenvalue weighted by Gasteiger charge is 2.16. The van der Waals surface area contributed by atoms with Crippen LogP contribution in [0.3, 0.4) is 0 Å². The van der Waals surface area contributed by atoms with E-state index in [4.69, 9.17) is 28.3 Å². The first kappa shape index (κ1) is 23.0. The van der Waals surface area contributed by atoms with Crippen LogP contribution in [0.4, 0.5) is 4.39 Å². The van der Waals surface area contributed by atoms with Crippen molar-refractivity contribution in [1.82, 2.24) is 20.3 Å². The summed E-state index contributed by atoms with van der Waals surface area (Å²) in [6, 6.07) is 18.9. The Labute approximate surface area is 211 Å². The minimum absolute atomic E-state index is 0.232. The van der Waals surface area contributed by atoms with Gasteiger partial charge in [-0.05, 0) is 82.4 Å². The summed E-state index contributed by atoms with van der Waals surface area (Å²) in [6.45, 7) is 2.07. The molecule has 5 aromatic rings. The summed E-state index contributed by atoms with van der Waals surface area (Å²) in [6.07, 6.45) is 6.23. The van der Waals surface area contributed by atoms with E-state index in [-0.39, 0.29) is 10.7 Å². The second-order valence-electron chi connectivity index (χ2n) is 7.94. The lowest BCUT2D eigenvalue weighted by atomic mass is 9.87. The van der Waals surface area contributed by atoms with Crippen molar-refractivity contribution in [3.63, 3.8) is 0 Å². The van der Waals surface area contributed by atoms with Crippen LogP contribution < -0.4 is 0 Å². The predicted octanol–water partition coefficient (Wildman–Crippen LogP) is 7.94. The van der Waals surface area contributed by atoms with Gasteiger partial charge in [0.05, 0.1) is 16.7 Å². The predicted molar refractivity (Wildman–Crippen MR) is 141 cm³/mol. The summed E-state index contributed by atoms with van der Waals surface area (Å²) < 4.78 is 18.7. The van der Waals surface area contributed by atoms with Crippen molar-refractivity contribution >= 4 is 58.0 Å². The van der Waals surface area contributed by atoms with Crippen LogP contribution in [0.1, 0.15) is 41.4 Å². The van der Waals surface area contributed by atoms with Crippen LogP contribution in [0.15, 0.2) is 71.4 Å². The molecular formula is C27H20ClFN4OS. The lowest BCUT2D eigenvalue weighted by Crippen LogP contribution is -1.96. The average Bonchev–Trinajstić information content (AvgIpc) is 3.50. The van der Waals surface area contributed by atoms with Crippen molar-refractivity contribution in [2.45, 2.75) is 13.3 Å². The van der Waals surface area contributed by atoms with E-state index in [1.165, 1.54) is 12.1 Å². The van der Waals surface area contributed by atoms with Crippen molar-refractivity contribution in [2.24, 2.45) is 0 Å². The molecule has 0 saturated heterocycles. The van der Waals surface area contributed by atoms with E-state index in [0.717, 1.165) is 44.3 Å². The summed E-state index contributed by atoms with van der Waals surface area (Å²) in [5.41, 5.74) is 6.84. The average molecular weight is 503 g/mol. The zero-order chi connectivity index (χ0) is 24.4. The van der Waals surface area contributed by atoms with Crippen LogP contribution in [-0.4, -0.2) is 20.3 Å². The summed E-state index contributed by atoms with van der Waals surface area (Å²) in [4.78, 5) is 3.09. The molecule has 0 amide bonds.